The molecule has 1 aliphatic heterocycles. The van der Waals surface area contributed by atoms with Gasteiger partial charge in [-0.05, 0) is 32.0 Å². The van der Waals surface area contributed by atoms with E-state index in [4.69, 9.17) is 5.26 Å². The summed E-state index contributed by atoms with van der Waals surface area (Å²) in [6, 6.07) is 5.16. The molecule has 19 heavy (non-hydrogen) atoms. The van der Waals surface area contributed by atoms with Gasteiger partial charge in [0.2, 0.25) is 0 Å². The van der Waals surface area contributed by atoms with E-state index >= 15 is 0 Å². The fourth-order valence-corrected chi connectivity index (χ4v) is 1.90. The fourth-order valence-electron chi connectivity index (χ4n) is 1.90. The summed E-state index contributed by atoms with van der Waals surface area (Å²) in [5.74, 6) is -0.969. The highest BCUT2D eigenvalue weighted by Crippen LogP contribution is 2.20. The molecule has 1 fully saturated rings. The third-order valence-electron chi connectivity index (χ3n) is 2.95. The number of benzene rings is 1. The molecule has 1 N–H and O–H groups in total. The number of halogens is 1. The first-order valence-corrected chi connectivity index (χ1v) is 5.68. The number of carbonyl (C=O) groups is 2. The predicted octanol–water partition coefficient (Wildman–Crippen LogP) is 1.53. The van der Waals surface area contributed by atoms with Gasteiger partial charge in [-0.2, -0.15) is 5.26 Å². The van der Waals surface area contributed by atoms with Crippen LogP contribution in [-0.4, -0.2) is 22.4 Å². The van der Waals surface area contributed by atoms with Gasteiger partial charge in [-0.15, -0.1) is 0 Å². The lowest BCUT2D eigenvalue weighted by molar-refractivity contribution is -0.130. The van der Waals surface area contributed by atoms with Gasteiger partial charge < -0.3 is 5.32 Å². The summed E-state index contributed by atoms with van der Waals surface area (Å²) in [4.78, 5) is 24.6. The highest BCUT2D eigenvalue weighted by atomic mass is 19.1. The zero-order valence-corrected chi connectivity index (χ0v) is 10.5. The Morgan fingerprint density at radius 2 is 2.11 bits per heavy atom. The van der Waals surface area contributed by atoms with Crippen LogP contribution in [0.2, 0.25) is 0 Å². The summed E-state index contributed by atoms with van der Waals surface area (Å²) < 4.78 is 13.6. The lowest BCUT2D eigenvalue weighted by Crippen LogP contribution is -2.40. The van der Waals surface area contributed by atoms with E-state index in [1.807, 2.05) is 6.07 Å². The molecule has 1 aromatic rings. The molecular weight excluding hydrogens is 249 g/mol. The van der Waals surface area contributed by atoms with Crippen LogP contribution in [0.15, 0.2) is 18.2 Å². The molecule has 0 spiro atoms. The van der Waals surface area contributed by atoms with E-state index in [1.54, 1.807) is 13.8 Å². The van der Waals surface area contributed by atoms with Gasteiger partial charge in [0.05, 0.1) is 18.2 Å². The highest BCUT2D eigenvalue weighted by molar-refractivity contribution is 6.06. The molecule has 0 aromatic heterocycles. The van der Waals surface area contributed by atoms with Gasteiger partial charge in [0, 0.05) is 5.56 Å². The third-order valence-corrected chi connectivity index (χ3v) is 2.95. The maximum absolute atomic E-state index is 13.6. The van der Waals surface area contributed by atoms with Gasteiger partial charge in [0.25, 0.3) is 5.91 Å². The maximum atomic E-state index is 13.6. The van der Waals surface area contributed by atoms with Crippen LogP contribution in [0.25, 0.3) is 0 Å². The normalized spacial score (nSPS) is 17.3. The van der Waals surface area contributed by atoms with Crippen molar-refractivity contribution in [3.63, 3.8) is 0 Å². The Morgan fingerprint density at radius 1 is 1.42 bits per heavy atom. The molecular formula is C13H12FN3O2. The number of amides is 3. The number of rotatable bonds is 2. The number of hydrogen-bond acceptors (Lipinski definition) is 3. The van der Waals surface area contributed by atoms with E-state index in [9.17, 15) is 14.0 Å². The van der Waals surface area contributed by atoms with Crippen molar-refractivity contribution in [3.8, 4) is 6.07 Å². The summed E-state index contributed by atoms with van der Waals surface area (Å²) in [6.07, 6.45) is 0. The summed E-state index contributed by atoms with van der Waals surface area (Å²) in [7, 11) is 0. The van der Waals surface area contributed by atoms with Crippen LogP contribution in [0, 0.1) is 17.1 Å². The molecule has 0 atom stereocenters. The van der Waals surface area contributed by atoms with E-state index in [1.165, 1.54) is 12.1 Å². The number of urea groups is 1. The Balaban J connectivity index is 2.30. The van der Waals surface area contributed by atoms with Crippen LogP contribution in [0.1, 0.15) is 25.0 Å². The fraction of sp³-hybridized carbons (Fsp3) is 0.308. The third kappa shape index (κ3) is 2.27. The minimum absolute atomic E-state index is 0.139. The zero-order chi connectivity index (χ0) is 14.2. The topological polar surface area (TPSA) is 73.2 Å². The first-order chi connectivity index (χ1) is 8.85. The Hall–Kier alpha value is -2.42. The first kappa shape index (κ1) is 13.0. The lowest BCUT2D eigenvalue weighted by atomic mass is 10.1. The van der Waals surface area contributed by atoms with E-state index in [0.717, 1.165) is 11.0 Å². The van der Waals surface area contributed by atoms with Crippen LogP contribution in [0.5, 0.6) is 0 Å². The zero-order valence-electron chi connectivity index (χ0n) is 10.5. The molecule has 0 radical (unpaired) electrons. The second-order valence-corrected chi connectivity index (χ2v) is 4.86. The van der Waals surface area contributed by atoms with Crippen LogP contribution < -0.4 is 5.32 Å². The number of nitriles is 1. The van der Waals surface area contributed by atoms with E-state index in [2.05, 4.69) is 5.32 Å². The van der Waals surface area contributed by atoms with Crippen molar-refractivity contribution in [2.24, 2.45) is 0 Å². The molecule has 0 aliphatic carbocycles. The van der Waals surface area contributed by atoms with Crippen LogP contribution >= 0.6 is 0 Å². The van der Waals surface area contributed by atoms with Crippen LogP contribution in [0.3, 0.4) is 0 Å². The highest BCUT2D eigenvalue weighted by Gasteiger charge is 2.44. The minimum atomic E-state index is -0.986. The van der Waals surface area contributed by atoms with Crippen molar-refractivity contribution in [3.05, 3.63) is 35.1 Å². The smallest absolute Gasteiger partial charge is 0.324 e. The summed E-state index contributed by atoms with van der Waals surface area (Å²) in [5, 5.41) is 11.3. The summed E-state index contributed by atoms with van der Waals surface area (Å²) >= 11 is 0. The van der Waals surface area contributed by atoms with Gasteiger partial charge in [-0.1, -0.05) is 0 Å². The van der Waals surface area contributed by atoms with Crippen LogP contribution in [0.4, 0.5) is 9.18 Å². The Kier molecular flexibility index (Phi) is 2.98. The molecule has 2 rings (SSSR count). The van der Waals surface area contributed by atoms with Gasteiger partial charge in [0.1, 0.15) is 11.4 Å². The molecule has 1 heterocycles. The second kappa shape index (κ2) is 4.35. The average Bonchev–Trinajstić information content (AvgIpc) is 2.54. The van der Waals surface area contributed by atoms with Gasteiger partial charge >= 0.3 is 6.03 Å². The van der Waals surface area contributed by atoms with Crippen molar-refractivity contribution < 1.29 is 14.0 Å². The molecule has 1 aliphatic rings. The van der Waals surface area contributed by atoms with Crippen molar-refractivity contribution in [2.75, 3.05) is 0 Å². The number of nitrogens with one attached hydrogen (secondary N) is 1. The second-order valence-electron chi connectivity index (χ2n) is 4.86. The molecule has 3 amide bonds. The molecule has 0 saturated carbocycles. The molecule has 98 valence electrons. The predicted molar refractivity (Wildman–Crippen MR) is 64.3 cm³/mol. The molecule has 6 heteroatoms. The van der Waals surface area contributed by atoms with E-state index < -0.39 is 23.3 Å². The van der Waals surface area contributed by atoms with Crippen molar-refractivity contribution in [1.29, 1.82) is 5.26 Å². The number of imide groups is 1. The SMILES string of the molecule is CC1(C)NC(=O)N(Cc2cc(C#N)ccc2F)C1=O. The minimum Gasteiger partial charge on any atom is -0.324 e. The lowest BCUT2D eigenvalue weighted by Gasteiger charge is -2.16. The van der Waals surface area contributed by atoms with E-state index in [0.29, 0.717) is 0 Å². The molecule has 1 saturated heterocycles. The standard InChI is InChI=1S/C13H12FN3O2/c1-13(2)11(18)17(12(19)16-13)7-9-5-8(6-15)3-4-10(9)14/h3-5H,7H2,1-2H3,(H,16,19). The first-order valence-electron chi connectivity index (χ1n) is 5.68. The number of hydrogen-bond donors (Lipinski definition) is 1. The largest absolute Gasteiger partial charge is 0.325 e. The quantitative estimate of drug-likeness (QED) is 0.820. The van der Waals surface area contributed by atoms with Gasteiger partial charge in [0.15, 0.2) is 0 Å². The van der Waals surface area contributed by atoms with E-state index in [-0.39, 0.29) is 17.7 Å². The Morgan fingerprint density at radius 3 is 2.63 bits per heavy atom. The maximum Gasteiger partial charge on any atom is 0.325 e. The average molecular weight is 261 g/mol. The Bertz CT molecular complexity index is 604. The molecule has 5 nitrogen and oxygen atoms in total. The Labute approximate surface area is 109 Å². The summed E-state index contributed by atoms with van der Waals surface area (Å²) in [6.45, 7) is 2.97. The number of carbonyl (C=O) groups excluding carboxylic acids is 2. The van der Waals surface area contributed by atoms with Gasteiger partial charge in [-0.3, -0.25) is 9.69 Å². The molecule has 1 aromatic carbocycles. The number of nitrogens with zero attached hydrogens (tertiary/aromatic N) is 2. The molecule has 0 unspecified atom stereocenters. The summed E-state index contributed by atoms with van der Waals surface area (Å²) in [5.41, 5.74) is -0.566. The molecule has 0 bridgehead atoms. The van der Waals surface area contributed by atoms with Crippen molar-refractivity contribution in [1.82, 2.24) is 10.2 Å². The van der Waals surface area contributed by atoms with Gasteiger partial charge in [-0.25, -0.2) is 9.18 Å². The monoisotopic (exact) mass is 261 g/mol. The van der Waals surface area contributed by atoms with Crippen molar-refractivity contribution >= 4 is 11.9 Å². The van der Waals surface area contributed by atoms with Crippen molar-refractivity contribution in [2.45, 2.75) is 25.9 Å². The van der Waals surface area contributed by atoms with Crippen LogP contribution in [-0.2, 0) is 11.3 Å².